The first kappa shape index (κ1) is 48.7. The van der Waals surface area contributed by atoms with Crippen molar-refractivity contribution in [2.75, 3.05) is 6.61 Å². The lowest BCUT2D eigenvalue weighted by Crippen LogP contribution is -2.64. The van der Waals surface area contributed by atoms with Crippen molar-refractivity contribution in [3.63, 3.8) is 0 Å². The quantitative estimate of drug-likeness (QED) is 0.135. The highest BCUT2D eigenvalue weighted by atomic mass is 16.7. The highest BCUT2D eigenvalue weighted by Crippen LogP contribution is 2.43. The summed E-state index contributed by atoms with van der Waals surface area (Å²) >= 11 is 0. The van der Waals surface area contributed by atoms with Gasteiger partial charge in [0.25, 0.3) is 0 Å². The first-order valence-electron chi connectivity index (χ1n) is 19.6. The average molecular weight is 791 g/mol. The zero-order valence-electron chi connectivity index (χ0n) is 37.6. The molecule has 0 amide bonds. The maximum absolute atomic E-state index is 13.7. The van der Waals surface area contributed by atoms with Gasteiger partial charge in [0, 0.05) is 11.0 Å². The van der Waals surface area contributed by atoms with Crippen molar-refractivity contribution in [3.8, 4) is 11.8 Å². The van der Waals surface area contributed by atoms with Gasteiger partial charge in [-0.15, -0.1) is 0 Å². The van der Waals surface area contributed by atoms with Crippen LogP contribution in [0, 0.1) is 44.3 Å². The molecular formula is C44H70O12. The van der Waals surface area contributed by atoms with Crippen molar-refractivity contribution in [2.24, 2.45) is 32.5 Å². The highest BCUT2D eigenvalue weighted by Gasteiger charge is 2.56. The standard InChI is InChI=1S/C44H70O12/c1-25-22-27(23-44(18,19)28(25)21-20-26(2)51-35(46)40(6,7)8)52-33-32(56-38(49)43(15,16)17)31(55-37(48)42(12,13)14)30(54-36(47)41(9,10)11)29(53-33)24-50-34(45)39(3,4)5/h26-27,29-33H,22-24H2,1-19H3/t26-,27+,29+,30+,31-,32+,33+/m0/s1. The zero-order valence-corrected chi connectivity index (χ0v) is 37.6. The minimum absolute atomic E-state index is 0.344. The van der Waals surface area contributed by atoms with Crippen LogP contribution >= 0.6 is 0 Å². The number of hydrogen-bond acceptors (Lipinski definition) is 12. The molecule has 0 aromatic heterocycles. The van der Waals surface area contributed by atoms with E-state index >= 15 is 0 Å². The average Bonchev–Trinajstić information content (AvgIpc) is 2.99. The molecule has 1 heterocycles. The number of rotatable bonds is 8. The maximum Gasteiger partial charge on any atom is 0.312 e. The first-order valence-corrected chi connectivity index (χ1v) is 19.6. The first-order chi connectivity index (χ1) is 25.1. The third-order valence-electron chi connectivity index (χ3n) is 9.15. The summed E-state index contributed by atoms with van der Waals surface area (Å²) in [6.07, 6.45) is -6.96. The third-order valence-corrected chi connectivity index (χ3v) is 9.15. The predicted molar refractivity (Wildman–Crippen MR) is 210 cm³/mol. The van der Waals surface area contributed by atoms with Crippen molar-refractivity contribution in [1.82, 2.24) is 0 Å². The molecule has 0 unspecified atom stereocenters. The Morgan fingerprint density at radius 2 is 1.11 bits per heavy atom. The third kappa shape index (κ3) is 13.6. The molecule has 0 saturated carbocycles. The van der Waals surface area contributed by atoms with Gasteiger partial charge in [-0.05, 0) is 131 Å². The van der Waals surface area contributed by atoms with Crippen LogP contribution in [0.3, 0.4) is 0 Å². The fourth-order valence-electron chi connectivity index (χ4n) is 5.67. The molecule has 1 aliphatic carbocycles. The van der Waals surface area contributed by atoms with E-state index in [1.807, 2.05) is 20.8 Å². The highest BCUT2D eigenvalue weighted by molar-refractivity contribution is 5.78. The Hall–Kier alpha value is -3.43. The predicted octanol–water partition coefficient (Wildman–Crippen LogP) is 7.68. The molecule has 318 valence electrons. The lowest BCUT2D eigenvalue weighted by Gasteiger charge is -2.47. The molecule has 12 heteroatoms. The van der Waals surface area contributed by atoms with Crippen LogP contribution in [0.25, 0.3) is 0 Å². The van der Waals surface area contributed by atoms with E-state index in [1.54, 1.807) is 111 Å². The summed E-state index contributed by atoms with van der Waals surface area (Å²) in [6, 6.07) is 0. The molecular weight excluding hydrogens is 720 g/mol. The van der Waals surface area contributed by atoms with Crippen molar-refractivity contribution in [3.05, 3.63) is 11.1 Å². The van der Waals surface area contributed by atoms with Crippen LogP contribution in [-0.4, -0.2) is 79.4 Å². The van der Waals surface area contributed by atoms with E-state index in [-0.39, 0.29) is 12.6 Å². The molecule has 56 heavy (non-hydrogen) atoms. The topological polar surface area (TPSA) is 150 Å². The van der Waals surface area contributed by atoms with Crippen molar-refractivity contribution < 1.29 is 57.1 Å². The summed E-state index contributed by atoms with van der Waals surface area (Å²) in [5.74, 6) is 3.55. The molecule has 0 N–H and O–H groups in total. The van der Waals surface area contributed by atoms with E-state index < -0.39 is 99.3 Å². The lowest BCUT2D eigenvalue weighted by atomic mass is 9.71. The summed E-state index contributed by atoms with van der Waals surface area (Å²) in [6.45, 7) is 32.9. The number of hydrogen-bond donors (Lipinski definition) is 0. The number of allylic oxidation sites excluding steroid dienone is 1. The van der Waals surface area contributed by atoms with Crippen molar-refractivity contribution in [1.29, 1.82) is 0 Å². The van der Waals surface area contributed by atoms with Gasteiger partial charge in [0.1, 0.15) is 12.7 Å². The summed E-state index contributed by atoms with van der Waals surface area (Å²) < 4.78 is 42.9. The lowest BCUT2D eigenvalue weighted by molar-refractivity contribution is -0.321. The van der Waals surface area contributed by atoms with Gasteiger partial charge in [0.15, 0.2) is 30.7 Å². The molecule has 2 aliphatic rings. The van der Waals surface area contributed by atoms with E-state index in [9.17, 15) is 24.0 Å². The zero-order chi connectivity index (χ0) is 43.6. The summed E-state index contributed by atoms with van der Waals surface area (Å²) in [5, 5.41) is 0. The van der Waals surface area contributed by atoms with Gasteiger partial charge < -0.3 is 33.2 Å². The van der Waals surface area contributed by atoms with E-state index in [1.165, 1.54) is 0 Å². The Morgan fingerprint density at radius 1 is 0.679 bits per heavy atom. The number of carbonyl (C=O) groups excluding carboxylic acids is 5. The van der Waals surface area contributed by atoms with Crippen LogP contribution in [0.1, 0.15) is 144 Å². The van der Waals surface area contributed by atoms with Crippen LogP contribution in [0.2, 0.25) is 0 Å². The van der Waals surface area contributed by atoms with Gasteiger partial charge in [-0.25, -0.2) is 0 Å². The SMILES string of the molecule is CC1=C(C#C[C@H](C)OC(=O)C(C)(C)C)C(C)(C)C[C@H](O[C@@H]2O[C@H](COC(=O)C(C)(C)C)[C@@H](OC(=O)C(C)(C)C)[C@H](OC(=O)C(C)(C)C)[C@H]2OC(=O)C(C)(C)C)C1. The molecule has 2 rings (SSSR count). The fourth-order valence-corrected chi connectivity index (χ4v) is 5.67. The maximum atomic E-state index is 13.7. The number of carbonyl (C=O) groups is 5. The second-order valence-corrected chi connectivity index (χ2v) is 21.0. The molecule has 0 spiro atoms. The summed E-state index contributed by atoms with van der Waals surface area (Å²) in [7, 11) is 0. The molecule has 0 bridgehead atoms. The van der Waals surface area contributed by atoms with E-state index in [0.717, 1.165) is 11.1 Å². The van der Waals surface area contributed by atoms with Gasteiger partial charge in [-0.3, -0.25) is 24.0 Å². The molecule has 0 aromatic carbocycles. The molecule has 0 radical (unpaired) electrons. The number of ether oxygens (including phenoxy) is 7. The van der Waals surface area contributed by atoms with Crippen LogP contribution in [-0.2, 0) is 57.1 Å². The van der Waals surface area contributed by atoms with Crippen LogP contribution in [0.15, 0.2) is 11.1 Å². The molecule has 1 aliphatic heterocycles. The molecule has 1 saturated heterocycles. The van der Waals surface area contributed by atoms with Crippen LogP contribution < -0.4 is 0 Å². The van der Waals surface area contributed by atoms with Gasteiger partial charge >= 0.3 is 29.8 Å². The molecule has 12 nitrogen and oxygen atoms in total. The Kier molecular flexibility index (Phi) is 15.3. The largest absolute Gasteiger partial charge is 0.462 e. The Balaban J connectivity index is 2.70. The minimum atomic E-state index is -1.41. The molecule has 0 aromatic rings. The molecule has 1 fully saturated rings. The Morgan fingerprint density at radius 3 is 1.54 bits per heavy atom. The normalized spacial score (nSPS) is 25.2. The van der Waals surface area contributed by atoms with Gasteiger partial charge in [-0.2, -0.15) is 0 Å². The van der Waals surface area contributed by atoms with Crippen LogP contribution in [0.5, 0.6) is 0 Å². The monoisotopic (exact) mass is 790 g/mol. The van der Waals surface area contributed by atoms with E-state index in [0.29, 0.717) is 12.8 Å². The van der Waals surface area contributed by atoms with E-state index in [2.05, 4.69) is 11.8 Å². The summed E-state index contributed by atoms with van der Waals surface area (Å²) in [4.78, 5) is 66.3. The minimum Gasteiger partial charge on any atom is -0.462 e. The smallest absolute Gasteiger partial charge is 0.312 e. The van der Waals surface area contributed by atoms with E-state index in [4.69, 9.17) is 33.2 Å². The Bertz CT molecular complexity index is 1560. The van der Waals surface area contributed by atoms with Crippen molar-refractivity contribution >= 4 is 29.8 Å². The fraction of sp³-hybridized carbons (Fsp3) is 0.795. The summed E-state index contributed by atoms with van der Waals surface area (Å²) in [5.41, 5.74) is -3.19. The number of esters is 5. The molecule has 7 atom stereocenters. The second-order valence-electron chi connectivity index (χ2n) is 21.0. The van der Waals surface area contributed by atoms with Crippen LogP contribution in [0.4, 0.5) is 0 Å². The van der Waals surface area contributed by atoms with Crippen molar-refractivity contribution in [2.45, 2.75) is 187 Å². The van der Waals surface area contributed by atoms with Gasteiger partial charge in [0.2, 0.25) is 0 Å². The van der Waals surface area contributed by atoms with Gasteiger partial charge in [-0.1, -0.05) is 31.3 Å². The van der Waals surface area contributed by atoms with Gasteiger partial charge in [0.05, 0.1) is 33.2 Å². The Labute approximate surface area is 335 Å². The second kappa shape index (κ2) is 17.6.